The van der Waals surface area contributed by atoms with E-state index in [1.165, 1.54) is 16.9 Å². The van der Waals surface area contributed by atoms with Crippen LogP contribution in [-0.4, -0.2) is 10.2 Å². The van der Waals surface area contributed by atoms with Gasteiger partial charge in [-0.15, -0.1) is 10.2 Å². The van der Waals surface area contributed by atoms with E-state index in [-0.39, 0.29) is 0 Å². The lowest BCUT2D eigenvalue weighted by molar-refractivity contribution is 0.866. The van der Waals surface area contributed by atoms with Crippen molar-refractivity contribution in [3.05, 3.63) is 40.4 Å². The summed E-state index contributed by atoms with van der Waals surface area (Å²) in [5.41, 5.74) is 8.02. The van der Waals surface area contributed by atoms with Crippen LogP contribution in [0.25, 0.3) is 12.2 Å². The first-order valence-corrected chi connectivity index (χ1v) is 6.34. The Kier molecular flexibility index (Phi) is 3.54. The molecule has 17 heavy (non-hydrogen) atoms. The fourth-order valence-electron chi connectivity index (χ4n) is 1.47. The number of hydrogen-bond acceptors (Lipinski definition) is 4. The molecule has 4 heteroatoms. The molecule has 0 fully saturated rings. The fraction of sp³-hybridized carbons (Fsp3) is 0.231. The maximum Gasteiger partial charge on any atom is 0.203 e. The Morgan fingerprint density at radius 1 is 1.12 bits per heavy atom. The van der Waals surface area contributed by atoms with Gasteiger partial charge in [-0.05, 0) is 23.1 Å². The van der Waals surface area contributed by atoms with E-state index in [0.29, 0.717) is 11.0 Å². The van der Waals surface area contributed by atoms with Crippen LogP contribution >= 0.6 is 11.3 Å². The molecule has 1 heterocycles. The van der Waals surface area contributed by atoms with Gasteiger partial charge in [-0.25, -0.2) is 0 Å². The lowest BCUT2D eigenvalue weighted by Crippen LogP contribution is -1.85. The fourth-order valence-corrected chi connectivity index (χ4v) is 1.99. The van der Waals surface area contributed by atoms with Crippen LogP contribution < -0.4 is 5.73 Å². The molecule has 0 amide bonds. The third-order valence-corrected chi connectivity index (χ3v) is 3.20. The largest absolute Gasteiger partial charge is 0.374 e. The number of nitrogens with zero attached hydrogens (tertiary/aromatic N) is 2. The first-order valence-electron chi connectivity index (χ1n) is 5.52. The quantitative estimate of drug-likeness (QED) is 0.901. The average molecular weight is 245 g/mol. The van der Waals surface area contributed by atoms with Crippen LogP contribution in [0.15, 0.2) is 24.3 Å². The van der Waals surface area contributed by atoms with Gasteiger partial charge in [0.25, 0.3) is 0 Å². The van der Waals surface area contributed by atoms with Gasteiger partial charge in [0.2, 0.25) is 5.13 Å². The highest BCUT2D eigenvalue weighted by Crippen LogP contribution is 2.17. The standard InChI is InChI=1S/C13H15N3S/c1-9(2)11-6-3-10(4-7-11)5-8-12-15-16-13(14)17-12/h3-9H,1-2H3,(H2,14,16)/b8-5+. The van der Waals surface area contributed by atoms with Crippen molar-refractivity contribution >= 4 is 28.6 Å². The summed E-state index contributed by atoms with van der Waals surface area (Å²) in [7, 11) is 0. The average Bonchev–Trinajstić information content (AvgIpc) is 2.73. The molecule has 2 aromatic rings. The maximum atomic E-state index is 5.51. The SMILES string of the molecule is CC(C)c1ccc(/C=C/c2nnc(N)s2)cc1. The molecule has 0 spiro atoms. The summed E-state index contributed by atoms with van der Waals surface area (Å²) < 4.78 is 0. The molecule has 1 aromatic carbocycles. The number of nitrogen functional groups attached to an aromatic ring is 1. The summed E-state index contributed by atoms with van der Waals surface area (Å²) in [6.07, 6.45) is 3.95. The third kappa shape index (κ3) is 3.14. The van der Waals surface area contributed by atoms with Crippen LogP contribution in [0.3, 0.4) is 0 Å². The van der Waals surface area contributed by atoms with Gasteiger partial charge in [-0.3, -0.25) is 0 Å². The van der Waals surface area contributed by atoms with Crippen LogP contribution in [-0.2, 0) is 0 Å². The summed E-state index contributed by atoms with van der Waals surface area (Å²) in [4.78, 5) is 0. The highest BCUT2D eigenvalue weighted by molar-refractivity contribution is 7.15. The van der Waals surface area contributed by atoms with Gasteiger partial charge < -0.3 is 5.73 Å². The molecule has 0 saturated heterocycles. The van der Waals surface area contributed by atoms with E-state index in [1.54, 1.807) is 0 Å². The summed E-state index contributed by atoms with van der Waals surface area (Å²) >= 11 is 1.38. The lowest BCUT2D eigenvalue weighted by Gasteiger charge is -2.04. The second kappa shape index (κ2) is 5.10. The van der Waals surface area contributed by atoms with Crippen LogP contribution in [0, 0.1) is 0 Å². The van der Waals surface area contributed by atoms with Crippen LogP contribution in [0.2, 0.25) is 0 Å². The molecular weight excluding hydrogens is 230 g/mol. The van der Waals surface area contributed by atoms with Crippen molar-refractivity contribution in [2.45, 2.75) is 19.8 Å². The number of anilines is 1. The number of rotatable bonds is 3. The van der Waals surface area contributed by atoms with E-state index in [0.717, 1.165) is 10.6 Å². The minimum atomic E-state index is 0.500. The van der Waals surface area contributed by atoms with E-state index in [4.69, 9.17) is 5.73 Å². The molecule has 0 aliphatic heterocycles. The zero-order valence-corrected chi connectivity index (χ0v) is 10.7. The topological polar surface area (TPSA) is 51.8 Å². The predicted molar refractivity (Wildman–Crippen MR) is 73.8 cm³/mol. The van der Waals surface area contributed by atoms with Crippen molar-refractivity contribution in [2.75, 3.05) is 5.73 Å². The van der Waals surface area contributed by atoms with Gasteiger partial charge in [-0.2, -0.15) is 0 Å². The summed E-state index contributed by atoms with van der Waals surface area (Å²) in [6.45, 7) is 4.38. The smallest absolute Gasteiger partial charge is 0.203 e. The maximum absolute atomic E-state index is 5.51. The molecule has 0 atom stereocenters. The second-order valence-corrected chi connectivity index (χ2v) is 5.17. The first-order chi connectivity index (χ1) is 8.15. The molecule has 0 saturated carbocycles. The number of aromatic nitrogens is 2. The molecular formula is C13H15N3S. The van der Waals surface area contributed by atoms with Crippen molar-refractivity contribution in [3.8, 4) is 0 Å². The Morgan fingerprint density at radius 3 is 2.35 bits per heavy atom. The molecule has 88 valence electrons. The minimum Gasteiger partial charge on any atom is -0.374 e. The summed E-state index contributed by atoms with van der Waals surface area (Å²) in [5, 5.41) is 9.02. The van der Waals surface area contributed by atoms with Crippen LogP contribution in [0.5, 0.6) is 0 Å². The highest BCUT2D eigenvalue weighted by Gasteiger charge is 1.98. The molecule has 0 aliphatic rings. The van der Waals surface area contributed by atoms with E-state index < -0.39 is 0 Å². The lowest BCUT2D eigenvalue weighted by atomic mass is 10.0. The van der Waals surface area contributed by atoms with Gasteiger partial charge in [0.05, 0.1) is 0 Å². The van der Waals surface area contributed by atoms with Crippen LogP contribution in [0.4, 0.5) is 5.13 Å². The molecule has 0 aliphatic carbocycles. The van der Waals surface area contributed by atoms with E-state index in [1.807, 2.05) is 12.2 Å². The molecule has 0 radical (unpaired) electrons. The Morgan fingerprint density at radius 2 is 1.82 bits per heavy atom. The summed E-state index contributed by atoms with van der Waals surface area (Å²) in [6, 6.07) is 8.52. The molecule has 3 nitrogen and oxygen atoms in total. The van der Waals surface area contributed by atoms with Crippen molar-refractivity contribution in [1.29, 1.82) is 0 Å². The van der Waals surface area contributed by atoms with Crippen molar-refractivity contribution in [1.82, 2.24) is 10.2 Å². The Balaban J connectivity index is 2.11. The second-order valence-electron chi connectivity index (χ2n) is 4.13. The van der Waals surface area contributed by atoms with Crippen molar-refractivity contribution in [2.24, 2.45) is 0 Å². The predicted octanol–water partition coefficient (Wildman–Crippen LogP) is 3.41. The highest BCUT2D eigenvalue weighted by atomic mass is 32.1. The Bertz CT molecular complexity index is 512. The van der Waals surface area contributed by atoms with Gasteiger partial charge >= 0.3 is 0 Å². The molecule has 2 rings (SSSR count). The van der Waals surface area contributed by atoms with E-state index >= 15 is 0 Å². The monoisotopic (exact) mass is 245 g/mol. The minimum absolute atomic E-state index is 0.500. The van der Waals surface area contributed by atoms with E-state index in [2.05, 4.69) is 48.3 Å². The number of hydrogen-bond donors (Lipinski definition) is 1. The van der Waals surface area contributed by atoms with Gasteiger partial charge in [-0.1, -0.05) is 55.5 Å². The van der Waals surface area contributed by atoms with Crippen molar-refractivity contribution < 1.29 is 0 Å². The third-order valence-electron chi connectivity index (χ3n) is 2.48. The zero-order valence-electron chi connectivity index (χ0n) is 9.92. The number of benzene rings is 1. The normalized spacial score (nSPS) is 11.5. The molecule has 1 aromatic heterocycles. The Labute approximate surface area is 105 Å². The summed E-state index contributed by atoms with van der Waals surface area (Å²) in [5.74, 6) is 0.566. The van der Waals surface area contributed by atoms with Gasteiger partial charge in [0.15, 0.2) is 0 Å². The van der Waals surface area contributed by atoms with Crippen molar-refractivity contribution in [3.63, 3.8) is 0 Å². The molecule has 0 unspecified atom stereocenters. The zero-order chi connectivity index (χ0) is 12.3. The van der Waals surface area contributed by atoms with Crippen LogP contribution in [0.1, 0.15) is 35.9 Å². The number of nitrogens with two attached hydrogens (primary N) is 1. The Hall–Kier alpha value is -1.68. The first kappa shape index (κ1) is 11.8. The van der Waals surface area contributed by atoms with E-state index in [9.17, 15) is 0 Å². The molecule has 2 N–H and O–H groups in total. The molecule has 0 bridgehead atoms. The van der Waals surface area contributed by atoms with Gasteiger partial charge in [0.1, 0.15) is 5.01 Å². The van der Waals surface area contributed by atoms with Gasteiger partial charge in [0, 0.05) is 0 Å².